The van der Waals surface area contributed by atoms with Crippen LogP contribution in [0.1, 0.15) is 27.7 Å². The highest BCUT2D eigenvalue weighted by Gasteiger charge is 2.01. The van der Waals surface area contributed by atoms with E-state index in [0.29, 0.717) is 12.5 Å². The fourth-order valence-corrected chi connectivity index (χ4v) is 0.566. The Morgan fingerprint density at radius 3 is 2.33 bits per heavy atom. The van der Waals surface area contributed by atoms with Crippen molar-refractivity contribution in [2.75, 3.05) is 6.61 Å². The van der Waals surface area contributed by atoms with E-state index in [0.717, 1.165) is 0 Å². The molecule has 2 amide bonds. The number of carbonyl (C=O) groups excluding carboxylic acids is 1. The number of urea groups is 1. The Morgan fingerprint density at radius 1 is 1.33 bits per heavy atom. The van der Waals surface area contributed by atoms with Gasteiger partial charge in [0.1, 0.15) is 0 Å². The van der Waals surface area contributed by atoms with Crippen molar-refractivity contribution in [3.63, 3.8) is 0 Å². The smallest absolute Gasteiger partial charge is 0.334 e. The van der Waals surface area contributed by atoms with Crippen molar-refractivity contribution in [1.29, 1.82) is 0 Å². The molecule has 0 rings (SSSR count). The number of hydrogen-bond acceptors (Lipinski definition) is 2. The second-order valence-electron chi connectivity index (χ2n) is 3.44. The molecular formula is C8H18N2O2. The van der Waals surface area contributed by atoms with E-state index in [1.807, 2.05) is 27.7 Å². The molecule has 0 atom stereocenters. The van der Waals surface area contributed by atoms with Crippen LogP contribution in [0.5, 0.6) is 0 Å². The first-order valence-electron chi connectivity index (χ1n) is 4.20. The molecule has 0 aromatic heterocycles. The Labute approximate surface area is 73.6 Å². The number of nitrogens with one attached hydrogen (secondary N) is 2. The summed E-state index contributed by atoms with van der Waals surface area (Å²) in [6, 6.07) is -0.154. The van der Waals surface area contributed by atoms with E-state index in [2.05, 4.69) is 10.8 Å². The maximum atomic E-state index is 10.9. The molecule has 0 saturated carbocycles. The van der Waals surface area contributed by atoms with Gasteiger partial charge in [0, 0.05) is 6.04 Å². The standard InChI is InChI=1S/C8H18N2O2/c1-6(2)5-12-10-8(11)9-7(3)4/h6-7H,5H2,1-4H3,(H2,9,10,11). The first-order valence-corrected chi connectivity index (χ1v) is 4.20. The summed E-state index contributed by atoms with van der Waals surface area (Å²) >= 11 is 0. The molecule has 4 heteroatoms. The van der Waals surface area contributed by atoms with Gasteiger partial charge in [-0.25, -0.2) is 10.3 Å². The van der Waals surface area contributed by atoms with Crippen molar-refractivity contribution in [3.8, 4) is 0 Å². The summed E-state index contributed by atoms with van der Waals surface area (Å²) in [5.41, 5.74) is 2.30. The first-order chi connectivity index (χ1) is 5.52. The van der Waals surface area contributed by atoms with Gasteiger partial charge in [0.05, 0.1) is 6.61 Å². The molecule has 0 unspecified atom stereocenters. The monoisotopic (exact) mass is 174 g/mol. The van der Waals surface area contributed by atoms with Gasteiger partial charge >= 0.3 is 6.03 Å². The van der Waals surface area contributed by atoms with Crippen LogP contribution in [0.4, 0.5) is 4.79 Å². The lowest BCUT2D eigenvalue weighted by Gasteiger charge is -2.10. The van der Waals surface area contributed by atoms with Gasteiger partial charge in [-0.2, -0.15) is 0 Å². The first kappa shape index (κ1) is 11.2. The summed E-state index contributed by atoms with van der Waals surface area (Å²) in [4.78, 5) is 15.8. The molecule has 12 heavy (non-hydrogen) atoms. The molecule has 0 aliphatic heterocycles. The largest absolute Gasteiger partial charge is 0.338 e. The van der Waals surface area contributed by atoms with Crippen LogP contribution < -0.4 is 10.8 Å². The zero-order valence-electron chi connectivity index (χ0n) is 8.18. The van der Waals surface area contributed by atoms with Crippen LogP contribution in [0.25, 0.3) is 0 Å². The van der Waals surface area contributed by atoms with Gasteiger partial charge < -0.3 is 5.32 Å². The van der Waals surface area contributed by atoms with Crippen molar-refractivity contribution in [2.45, 2.75) is 33.7 Å². The summed E-state index contributed by atoms with van der Waals surface area (Å²) in [5.74, 6) is 0.421. The van der Waals surface area contributed by atoms with Crippen molar-refractivity contribution in [1.82, 2.24) is 10.8 Å². The molecule has 0 aromatic rings. The van der Waals surface area contributed by atoms with Gasteiger partial charge in [-0.3, -0.25) is 4.84 Å². The topological polar surface area (TPSA) is 50.4 Å². The zero-order valence-corrected chi connectivity index (χ0v) is 8.18. The minimum absolute atomic E-state index is 0.132. The molecular weight excluding hydrogens is 156 g/mol. The maximum Gasteiger partial charge on any atom is 0.338 e. The molecule has 0 heterocycles. The van der Waals surface area contributed by atoms with Gasteiger partial charge in [-0.15, -0.1) is 0 Å². The summed E-state index contributed by atoms with van der Waals surface area (Å²) in [6.45, 7) is 8.35. The molecule has 4 nitrogen and oxygen atoms in total. The van der Waals surface area contributed by atoms with E-state index in [1.165, 1.54) is 0 Å². The minimum Gasteiger partial charge on any atom is -0.334 e. The lowest BCUT2D eigenvalue weighted by Crippen LogP contribution is -2.39. The van der Waals surface area contributed by atoms with Crippen LogP contribution in [0.2, 0.25) is 0 Å². The van der Waals surface area contributed by atoms with Crippen molar-refractivity contribution in [3.05, 3.63) is 0 Å². The van der Waals surface area contributed by atoms with Gasteiger partial charge in [0.2, 0.25) is 0 Å². The zero-order chi connectivity index (χ0) is 9.56. The Morgan fingerprint density at radius 2 is 1.92 bits per heavy atom. The Hall–Kier alpha value is -0.770. The van der Waals surface area contributed by atoms with Crippen LogP contribution in [-0.2, 0) is 4.84 Å². The van der Waals surface area contributed by atoms with E-state index in [-0.39, 0.29) is 12.1 Å². The number of rotatable bonds is 4. The summed E-state index contributed by atoms with van der Waals surface area (Å²) in [7, 11) is 0. The molecule has 0 saturated heterocycles. The van der Waals surface area contributed by atoms with E-state index < -0.39 is 0 Å². The summed E-state index contributed by atoms with van der Waals surface area (Å²) in [6.07, 6.45) is 0. The van der Waals surface area contributed by atoms with Gasteiger partial charge in [-0.1, -0.05) is 13.8 Å². The molecule has 0 aromatic carbocycles. The van der Waals surface area contributed by atoms with Crippen LogP contribution in [0.3, 0.4) is 0 Å². The van der Waals surface area contributed by atoms with Crippen LogP contribution in [0.15, 0.2) is 0 Å². The van der Waals surface area contributed by atoms with Gasteiger partial charge in [-0.05, 0) is 19.8 Å². The van der Waals surface area contributed by atoms with Gasteiger partial charge in [0.15, 0.2) is 0 Å². The normalized spacial score (nSPS) is 10.5. The van der Waals surface area contributed by atoms with Gasteiger partial charge in [0.25, 0.3) is 0 Å². The second-order valence-corrected chi connectivity index (χ2v) is 3.44. The van der Waals surface area contributed by atoms with E-state index in [4.69, 9.17) is 4.84 Å². The van der Waals surface area contributed by atoms with Crippen molar-refractivity contribution < 1.29 is 9.63 Å². The van der Waals surface area contributed by atoms with Crippen molar-refractivity contribution >= 4 is 6.03 Å². The Bertz CT molecular complexity index is 135. The number of hydroxylamine groups is 1. The average molecular weight is 174 g/mol. The third-order valence-electron chi connectivity index (χ3n) is 1.00. The Balaban J connectivity index is 3.32. The minimum atomic E-state index is -0.286. The highest BCUT2D eigenvalue weighted by atomic mass is 16.7. The number of amides is 2. The average Bonchev–Trinajstić information content (AvgIpc) is 1.84. The highest BCUT2D eigenvalue weighted by molar-refractivity contribution is 5.72. The predicted molar refractivity (Wildman–Crippen MR) is 47.6 cm³/mol. The van der Waals surface area contributed by atoms with Crippen LogP contribution >= 0.6 is 0 Å². The molecule has 72 valence electrons. The SMILES string of the molecule is CC(C)CONC(=O)NC(C)C. The quantitative estimate of drug-likeness (QED) is 0.631. The van der Waals surface area contributed by atoms with Crippen LogP contribution in [0, 0.1) is 5.92 Å². The third kappa shape index (κ3) is 7.34. The number of carbonyl (C=O) groups is 1. The second kappa shape index (κ2) is 5.83. The molecule has 0 radical (unpaired) electrons. The fourth-order valence-electron chi connectivity index (χ4n) is 0.566. The summed E-state index contributed by atoms with van der Waals surface area (Å²) < 4.78 is 0. The van der Waals surface area contributed by atoms with Crippen LogP contribution in [-0.4, -0.2) is 18.7 Å². The fraction of sp³-hybridized carbons (Fsp3) is 0.875. The van der Waals surface area contributed by atoms with Crippen molar-refractivity contribution in [2.24, 2.45) is 5.92 Å². The molecule has 0 aliphatic carbocycles. The van der Waals surface area contributed by atoms with E-state index >= 15 is 0 Å². The molecule has 0 fully saturated rings. The summed E-state index contributed by atoms with van der Waals surface area (Å²) in [5, 5.41) is 2.64. The molecule has 0 spiro atoms. The predicted octanol–water partition coefficient (Wildman–Crippen LogP) is 1.28. The maximum absolute atomic E-state index is 10.9. The van der Waals surface area contributed by atoms with E-state index in [1.54, 1.807) is 0 Å². The van der Waals surface area contributed by atoms with E-state index in [9.17, 15) is 4.79 Å². The Kier molecular flexibility index (Phi) is 5.45. The third-order valence-corrected chi connectivity index (χ3v) is 1.00. The lowest BCUT2D eigenvalue weighted by molar-refractivity contribution is 0.0435. The number of hydrogen-bond donors (Lipinski definition) is 2. The lowest BCUT2D eigenvalue weighted by atomic mass is 10.2. The molecule has 0 bridgehead atoms. The molecule has 0 aliphatic rings. The molecule has 2 N–H and O–H groups in total. The highest BCUT2D eigenvalue weighted by Crippen LogP contribution is 1.89.